The summed E-state index contributed by atoms with van der Waals surface area (Å²) in [5.41, 5.74) is 14.6. The van der Waals surface area contributed by atoms with Crippen LogP contribution in [0.25, 0.3) is 0 Å². The number of guanidine groups is 1. The summed E-state index contributed by atoms with van der Waals surface area (Å²) >= 11 is 0. The van der Waals surface area contributed by atoms with E-state index in [0.717, 1.165) is 16.8 Å². The van der Waals surface area contributed by atoms with E-state index in [9.17, 15) is 0 Å². The Labute approximate surface area is 89.7 Å². The molecule has 4 N–H and O–H groups in total. The van der Waals surface area contributed by atoms with E-state index in [2.05, 4.69) is 28.4 Å². The van der Waals surface area contributed by atoms with Crippen LogP contribution in [0.2, 0.25) is 0 Å². The molecule has 0 saturated carbocycles. The van der Waals surface area contributed by atoms with Crippen molar-refractivity contribution >= 4 is 11.7 Å². The normalized spacial score (nSPS) is 11.3. The minimum Gasteiger partial charge on any atom is -0.369 e. The van der Waals surface area contributed by atoms with Crippen LogP contribution in [0.15, 0.2) is 28.4 Å². The first-order valence-corrected chi connectivity index (χ1v) is 4.71. The van der Waals surface area contributed by atoms with E-state index in [1.807, 2.05) is 20.8 Å². The molecule has 0 bridgehead atoms. The van der Waals surface area contributed by atoms with Crippen LogP contribution in [0.1, 0.15) is 23.6 Å². The number of aryl methyl sites for hydroxylation is 2. The van der Waals surface area contributed by atoms with Gasteiger partial charge in [0.1, 0.15) is 0 Å². The molecule has 1 rings (SSSR count). The molecule has 80 valence electrons. The van der Waals surface area contributed by atoms with E-state index in [4.69, 9.17) is 11.5 Å². The van der Waals surface area contributed by atoms with Crippen LogP contribution in [-0.2, 0) is 0 Å². The summed E-state index contributed by atoms with van der Waals surface area (Å²) in [4.78, 5) is 0. The topological polar surface area (TPSA) is 76.8 Å². The average Bonchev–Trinajstić information content (AvgIpc) is 2.18. The molecule has 4 heteroatoms. The number of nitrogens with zero attached hydrogens (tertiary/aromatic N) is 2. The van der Waals surface area contributed by atoms with Crippen LogP contribution in [0.4, 0.5) is 0 Å². The zero-order valence-corrected chi connectivity index (χ0v) is 9.28. The van der Waals surface area contributed by atoms with Gasteiger partial charge < -0.3 is 11.5 Å². The third-order valence-corrected chi connectivity index (χ3v) is 2.10. The molecule has 0 amide bonds. The van der Waals surface area contributed by atoms with Crippen LogP contribution in [0.3, 0.4) is 0 Å². The molecule has 15 heavy (non-hydrogen) atoms. The van der Waals surface area contributed by atoms with Gasteiger partial charge in [-0.15, -0.1) is 5.10 Å². The van der Waals surface area contributed by atoms with Crippen molar-refractivity contribution in [3.8, 4) is 0 Å². The van der Waals surface area contributed by atoms with Gasteiger partial charge in [-0.1, -0.05) is 17.7 Å². The Bertz CT molecular complexity index is 415. The minimum absolute atomic E-state index is 0.0281. The Hall–Kier alpha value is -1.84. The zero-order valence-electron chi connectivity index (χ0n) is 9.28. The predicted molar refractivity (Wildman–Crippen MR) is 63.9 cm³/mol. The molecular formula is C11H16N4. The summed E-state index contributed by atoms with van der Waals surface area (Å²) in [6, 6.07) is 6.18. The van der Waals surface area contributed by atoms with Crippen LogP contribution < -0.4 is 11.5 Å². The van der Waals surface area contributed by atoms with Crippen LogP contribution in [0.5, 0.6) is 0 Å². The maximum atomic E-state index is 5.21. The Morgan fingerprint density at radius 3 is 2.40 bits per heavy atom. The van der Waals surface area contributed by atoms with Crippen LogP contribution in [-0.4, -0.2) is 11.7 Å². The van der Waals surface area contributed by atoms with E-state index >= 15 is 0 Å². The molecule has 0 aliphatic rings. The Morgan fingerprint density at radius 2 is 1.80 bits per heavy atom. The van der Waals surface area contributed by atoms with Gasteiger partial charge in [-0.2, -0.15) is 5.10 Å². The number of nitrogens with two attached hydrogens (primary N) is 2. The second kappa shape index (κ2) is 4.59. The Morgan fingerprint density at radius 1 is 1.13 bits per heavy atom. The molecular weight excluding hydrogens is 188 g/mol. The van der Waals surface area contributed by atoms with Gasteiger partial charge in [0.25, 0.3) is 0 Å². The number of rotatable bonds is 2. The van der Waals surface area contributed by atoms with Gasteiger partial charge >= 0.3 is 0 Å². The summed E-state index contributed by atoms with van der Waals surface area (Å²) in [6.07, 6.45) is 0. The molecule has 1 aromatic rings. The van der Waals surface area contributed by atoms with Crippen molar-refractivity contribution < 1.29 is 0 Å². The largest absolute Gasteiger partial charge is 0.369 e. The monoisotopic (exact) mass is 204 g/mol. The van der Waals surface area contributed by atoms with E-state index in [1.54, 1.807) is 0 Å². The van der Waals surface area contributed by atoms with Gasteiger partial charge in [-0.05, 0) is 32.4 Å². The average molecular weight is 204 g/mol. The lowest BCUT2D eigenvalue weighted by Crippen LogP contribution is -2.22. The van der Waals surface area contributed by atoms with Gasteiger partial charge in [0.15, 0.2) is 0 Å². The lowest BCUT2D eigenvalue weighted by molar-refractivity contribution is 1.19. The highest BCUT2D eigenvalue weighted by Gasteiger charge is 2.01. The molecule has 0 aliphatic carbocycles. The summed E-state index contributed by atoms with van der Waals surface area (Å²) in [6.45, 7) is 5.95. The van der Waals surface area contributed by atoms with Crippen molar-refractivity contribution in [3.05, 3.63) is 34.9 Å². The highest BCUT2D eigenvalue weighted by Crippen LogP contribution is 2.11. The zero-order chi connectivity index (χ0) is 11.4. The first-order valence-electron chi connectivity index (χ1n) is 4.71. The fourth-order valence-electron chi connectivity index (χ4n) is 1.31. The van der Waals surface area contributed by atoms with Crippen molar-refractivity contribution in [2.45, 2.75) is 20.8 Å². The van der Waals surface area contributed by atoms with Crippen LogP contribution in [0, 0.1) is 13.8 Å². The molecule has 4 nitrogen and oxygen atoms in total. The maximum absolute atomic E-state index is 5.21. The molecule has 0 saturated heterocycles. The lowest BCUT2D eigenvalue weighted by Gasteiger charge is -2.05. The van der Waals surface area contributed by atoms with Gasteiger partial charge in [0.05, 0.1) is 5.71 Å². The number of benzene rings is 1. The molecule has 0 radical (unpaired) electrons. The molecule has 0 heterocycles. The highest BCUT2D eigenvalue weighted by molar-refractivity contribution is 6.00. The van der Waals surface area contributed by atoms with E-state index in [0.29, 0.717) is 0 Å². The van der Waals surface area contributed by atoms with E-state index < -0.39 is 0 Å². The fourth-order valence-corrected chi connectivity index (χ4v) is 1.31. The minimum atomic E-state index is -0.0281. The van der Waals surface area contributed by atoms with Crippen LogP contribution >= 0.6 is 0 Å². The molecule has 0 aromatic heterocycles. The van der Waals surface area contributed by atoms with Crippen molar-refractivity contribution in [1.29, 1.82) is 0 Å². The molecule has 0 spiro atoms. The summed E-state index contributed by atoms with van der Waals surface area (Å²) in [7, 11) is 0. The van der Waals surface area contributed by atoms with Gasteiger partial charge in [-0.3, -0.25) is 0 Å². The summed E-state index contributed by atoms with van der Waals surface area (Å²) in [5, 5.41) is 7.58. The number of hydrogen-bond acceptors (Lipinski definition) is 2. The van der Waals surface area contributed by atoms with Crippen molar-refractivity contribution in [3.63, 3.8) is 0 Å². The number of hydrogen-bond donors (Lipinski definition) is 2. The van der Waals surface area contributed by atoms with Crippen molar-refractivity contribution in [2.75, 3.05) is 0 Å². The fraction of sp³-hybridized carbons (Fsp3) is 0.273. The molecule has 0 fully saturated rings. The maximum Gasteiger partial charge on any atom is 0.211 e. The van der Waals surface area contributed by atoms with Gasteiger partial charge in [0, 0.05) is 5.56 Å². The van der Waals surface area contributed by atoms with Crippen molar-refractivity contribution in [1.82, 2.24) is 0 Å². The smallest absolute Gasteiger partial charge is 0.211 e. The molecule has 0 atom stereocenters. The predicted octanol–water partition coefficient (Wildman–Crippen LogP) is 1.30. The summed E-state index contributed by atoms with van der Waals surface area (Å²) in [5.74, 6) is -0.0281. The lowest BCUT2D eigenvalue weighted by atomic mass is 10.0. The summed E-state index contributed by atoms with van der Waals surface area (Å²) < 4.78 is 0. The second-order valence-electron chi connectivity index (χ2n) is 3.53. The molecule has 1 aromatic carbocycles. The third kappa shape index (κ3) is 3.09. The van der Waals surface area contributed by atoms with Crippen molar-refractivity contribution in [2.24, 2.45) is 21.7 Å². The second-order valence-corrected chi connectivity index (χ2v) is 3.53. The first kappa shape index (κ1) is 11.2. The molecule has 0 unspecified atom stereocenters. The first-order chi connectivity index (χ1) is 7.00. The highest BCUT2D eigenvalue weighted by atomic mass is 15.3. The standard InChI is InChI=1S/C11H16N4/c1-7-4-5-8(2)10(6-7)9(3)14-15-11(12)13/h4-6H,1-3H3,(H4,12,13,15). The Balaban J connectivity index is 3.10. The van der Waals surface area contributed by atoms with E-state index in [1.165, 1.54) is 5.56 Å². The third-order valence-electron chi connectivity index (χ3n) is 2.10. The quantitative estimate of drug-likeness (QED) is 0.433. The SMILES string of the molecule is CC(=NN=C(N)N)c1cc(C)ccc1C. The van der Waals surface area contributed by atoms with Gasteiger partial charge in [0.2, 0.25) is 5.96 Å². The van der Waals surface area contributed by atoms with Gasteiger partial charge in [-0.25, -0.2) is 0 Å². The Kier molecular flexibility index (Phi) is 3.44. The molecule has 0 aliphatic heterocycles. The van der Waals surface area contributed by atoms with E-state index in [-0.39, 0.29) is 5.96 Å².